The third-order valence-corrected chi connectivity index (χ3v) is 5.02. The first-order valence-corrected chi connectivity index (χ1v) is 8.27. The molecule has 0 saturated heterocycles. The zero-order valence-electron chi connectivity index (χ0n) is 13.0. The van der Waals surface area contributed by atoms with Crippen LogP contribution in [-0.2, 0) is 19.3 Å². The summed E-state index contributed by atoms with van der Waals surface area (Å²) >= 11 is 0. The number of benzene rings is 2. The first-order chi connectivity index (χ1) is 10.7. The number of carbonyl (C=O) groups excluding carboxylic acids is 1. The van der Waals surface area contributed by atoms with E-state index >= 15 is 0 Å². The molecule has 4 rings (SSSR count). The van der Waals surface area contributed by atoms with Crippen LogP contribution in [0.5, 0.6) is 0 Å². The second-order valence-electron chi connectivity index (χ2n) is 6.55. The Bertz CT molecular complexity index is 734. The maximum Gasteiger partial charge on any atom is 0.258 e. The number of nitrogens with zero attached hydrogens (tertiary/aromatic N) is 1. The zero-order valence-corrected chi connectivity index (χ0v) is 13.0. The van der Waals surface area contributed by atoms with Gasteiger partial charge >= 0.3 is 0 Å². The van der Waals surface area contributed by atoms with Crippen LogP contribution in [-0.4, -0.2) is 11.9 Å². The third kappa shape index (κ3) is 2.14. The molecule has 2 aromatic carbocycles. The average Bonchev–Trinajstić information content (AvgIpc) is 2.89. The molecule has 0 bridgehead atoms. The quantitative estimate of drug-likeness (QED) is 0.772. The van der Waals surface area contributed by atoms with Crippen LogP contribution in [0, 0.1) is 0 Å². The van der Waals surface area contributed by atoms with Gasteiger partial charge in [-0.15, -0.1) is 0 Å². The SMILES string of the molecule is C[C@H]1Cc2ccccc2N1C(=O)c1ccc2c(c1)CCCC2. The molecule has 2 aromatic rings. The van der Waals surface area contributed by atoms with E-state index in [2.05, 4.69) is 37.3 Å². The molecule has 2 heteroatoms. The molecule has 2 aliphatic rings. The monoisotopic (exact) mass is 291 g/mol. The molecule has 0 aromatic heterocycles. The van der Waals surface area contributed by atoms with Gasteiger partial charge in [0, 0.05) is 17.3 Å². The van der Waals surface area contributed by atoms with Crippen LogP contribution >= 0.6 is 0 Å². The molecule has 1 amide bonds. The highest BCUT2D eigenvalue weighted by Gasteiger charge is 2.31. The van der Waals surface area contributed by atoms with Crippen LogP contribution in [0.1, 0.15) is 46.8 Å². The van der Waals surface area contributed by atoms with Crippen molar-refractivity contribution in [3.05, 3.63) is 64.7 Å². The van der Waals surface area contributed by atoms with Crippen molar-refractivity contribution in [1.29, 1.82) is 0 Å². The number of hydrogen-bond donors (Lipinski definition) is 0. The number of carbonyl (C=O) groups is 1. The number of anilines is 1. The van der Waals surface area contributed by atoms with Crippen LogP contribution in [0.2, 0.25) is 0 Å². The minimum Gasteiger partial charge on any atom is -0.305 e. The van der Waals surface area contributed by atoms with Gasteiger partial charge in [-0.25, -0.2) is 0 Å². The number of amides is 1. The maximum absolute atomic E-state index is 13.0. The fourth-order valence-corrected chi connectivity index (χ4v) is 3.88. The molecule has 22 heavy (non-hydrogen) atoms. The van der Waals surface area contributed by atoms with Crippen molar-refractivity contribution in [1.82, 2.24) is 0 Å². The lowest BCUT2D eigenvalue weighted by molar-refractivity contribution is 0.0981. The van der Waals surface area contributed by atoms with Crippen molar-refractivity contribution in [2.45, 2.75) is 45.1 Å². The number of hydrogen-bond acceptors (Lipinski definition) is 1. The Morgan fingerprint density at radius 2 is 1.77 bits per heavy atom. The van der Waals surface area contributed by atoms with Crippen molar-refractivity contribution < 1.29 is 4.79 Å². The molecule has 1 aliphatic heterocycles. The van der Waals surface area contributed by atoms with Gasteiger partial charge in [0.1, 0.15) is 0 Å². The lowest BCUT2D eigenvalue weighted by Crippen LogP contribution is -2.35. The Labute approximate surface area is 131 Å². The van der Waals surface area contributed by atoms with Crippen molar-refractivity contribution >= 4 is 11.6 Å². The Morgan fingerprint density at radius 1 is 1.00 bits per heavy atom. The van der Waals surface area contributed by atoms with E-state index in [1.165, 1.54) is 29.5 Å². The first-order valence-electron chi connectivity index (χ1n) is 8.27. The average molecular weight is 291 g/mol. The minimum atomic E-state index is 0.144. The van der Waals surface area contributed by atoms with Crippen molar-refractivity contribution in [3.8, 4) is 0 Å². The molecule has 1 atom stereocenters. The highest BCUT2D eigenvalue weighted by atomic mass is 16.2. The molecular weight excluding hydrogens is 270 g/mol. The van der Waals surface area contributed by atoms with Gasteiger partial charge in [0.05, 0.1) is 0 Å². The molecule has 0 fully saturated rings. The molecule has 2 nitrogen and oxygen atoms in total. The number of fused-ring (bicyclic) bond motifs is 2. The minimum absolute atomic E-state index is 0.144. The predicted octanol–water partition coefficient (Wildman–Crippen LogP) is 4.16. The van der Waals surface area contributed by atoms with E-state index in [9.17, 15) is 4.79 Å². The fourth-order valence-electron chi connectivity index (χ4n) is 3.88. The largest absolute Gasteiger partial charge is 0.305 e. The first kappa shape index (κ1) is 13.6. The molecule has 0 spiro atoms. The number of para-hydroxylation sites is 1. The smallest absolute Gasteiger partial charge is 0.258 e. The maximum atomic E-state index is 13.0. The van der Waals surface area contributed by atoms with Gasteiger partial charge < -0.3 is 4.90 Å². The zero-order chi connectivity index (χ0) is 15.1. The third-order valence-electron chi connectivity index (χ3n) is 5.02. The number of rotatable bonds is 1. The summed E-state index contributed by atoms with van der Waals surface area (Å²) in [5, 5.41) is 0. The summed E-state index contributed by atoms with van der Waals surface area (Å²) in [7, 11) is 0. The molecule has 0 unspecified atom stereocenters. The van der Waals surface area contributed by atoms with Crippen molar-refractivity contribution in [2.75, 3.05) is 4.90 Å². The van der Waals surface area contributed by atoms with E-state index in [-0.39, 0.29) is 11.9 Å². The fraction of sp³-hybridized carbons (Fsp3) is 0.350. The van der Waals surface area contributed by atoms with Gasteiger partial charge in [-0.3, -0.25) is 4.79 Å². The Hall–Kier alpha value is -2.09. The second kappa shape index (κ2) is 5.28. The topological polar surface area (TPSA) is 20.3 Å². The van der Waals surface area contributed by atoms with E-state index in [1.54, 1.807) is 0 Å². The summed E-state index contributed by atoms with van der Waals surface area (Å²) in [6, 6.07) is 14.8. The molecule has 112 valence electrons. The predicted molar refractivity (Wildman–Crippen MR) is 89.5 cm³/mol. The van der Waals surface area contributed by atoms with Crippen LogP contribution in [0.25, 0.3) is 0 Å². The molecule has 0 N–H and O–H groups in total. The van der Waals surface area contributed by atoms with Gasteiger partial charge in [0.15, 0.2) is 0 Å². The highest BCUT2D eigenvalue weighted by Crippen LogP contribution is 2.33. The summed E-state index contributed by atoms with van der Waals surface area (Å²) in [6.45, 7) is 2.14. The Kier molecular flexibility index (Phi) is 3.25. The van der Waals surface area contributed by atoms with Crippen LogP contribution in [0.3, 0.4) is 0 Å². The summed E-state index contributed by atoms with van der Waals surface area (Å²) < 4.78 is 0. The van der Waals surface area contributed by atoms with E-state index in [1.807, 2.05) is 17.0 Å². The van der Waals surface area contributed by atoms with Crippen LogP contribution < -0.4 is 4.90 Å². The van der Waals surface area contributed by atoms with Gasteiger partial charge in [-0.2, -0.15) is 0 Å². The lowest BCUT2D eigenvalue weighted by Gasteiger charge is -2.24. The highest BCUT2D eigenvalue weighted by molar-refractivity contribution is 6.07. The summed E-state index contributed by atoms with van der Waals surface area (Å²) in [5.74, 6) is 0.144. The lowest BCUT2D eigenvalue weighted by atomic mass is 9.90. The Balaban J connectivity index is 1.70. The molecular formula is C20H21NO. The van der Waals surface area contributed by atoms with Crippen LogP contribution in [0.4, 0.5) is 5.69 Å². The molecule has 0 radical (unpaired) electrons. The molecule has 0 saturated carbocycles. The standard InChI is InChI=1S/C20H21NO/c1-14-12-17-8-4-5-9-19(17)21(14)20(22)18-11-10-15-6-2-3-7-16(15)13-18/h4-5,8-11,13-14H,2-3,6-7,12H2,1H3/t14-/m0/s1. The van der Waals surface area contributed by atoms with E-state index in [4.69, 9.17) is 0 Å². The second-order valence-corrected chi connectivity index (χ2v) is 6.55. The van der Waals surface area contributed by atoms with Gasteiger partial charge in [0.25, 0.3) is 5.91 Å². The van der Waals surface area contributed by atoms with Crippen molar-refractivity contribution in [2.24, 2.45) is 0 Å². The summed E-state index contributed by atoms with van der Waals surface area (Å²) in [6.07, 6.45) is 5.74. The van der Waals surface area contributed by atoms with Crippen LogP contribution in [0.15, 0.2) is 42.5 Å². The van der Waals surface area contributed by atoms with Gasteiger partial charge in [-0.05, 0) is 73.9 Å². The number of aryl methyl sites for hydroxylation is 2. The van der Waals surface area contributed by atoms with Crippen molar-refractivity contribution in [3.63, 3.8) is 0 Å². The summed E-state index contributed by atoms with van der Waals surface area (Å²) in [5.41, 5.74) is 6.00. The van der Waals surface area contributed by atoms with E-state index in [0.29, 0.717) is 0 Å². The summed E-state index contributed by atoms with van der Waals surface area (Å²) in [4.78, 5) is 15.0. The normalized spacial score (nSPS) is 19.7. The molecule has 1 heterocycles. The van der Waals surface area contributed by atoms with Gasteiger partial charge in [-0.1, -0.05) is 24.3 Å². The molecule has 1 aliphatic carbocycles. The van der Waals surface area contributed by atoms with E-state index < -0.39 is 0 Å². The Morgan fingerprint density at radius 3 is 2.64 bits per heavy atom. The van der Waals surface area contributed by atoms with E-state index in [0.717, 1.165) is 30.5 Å². The van der Waals surface area contributed by atoms with Gasteiger partial charge in [0.2, 0.25) is 0 Å².